The van der Waals surface area contributed by atoms with Crippen LogP contribution in [0.15, 0.2) is 36.7 Å². The molecule has 0 amide bonds. The summed E-state index contributed by atoms with van der Waals surface area (Å²) in [7, 11) is 0. The highest BCUT2D eigenvalue weighted by molar-refractivity contribution is 5.94. The maximum absolute atomic E-state index is 10.1. The fourth-order valence-electron chi connectivity index (χ4n) is 6.70. The first-order valence-corrected chi connectivity index (χ1v) is 15.2. The summed E-state index contributed by atoms with van der Waals surface area (Å²) in [4.78, 5) is 14.9. The molecule has 3 N–H and O–H groups in total. The van der Waals surface area contributed by atoms with E-state index >= 15 is 0 Å². The summed E-state index contributed by atoms with van der Waals surface area (Å²) in [6.07, 6.45) is 11.4. The van der Waals surface area contributed by atoms with Crippen molar-refractivity contribution in [3.05, 3.63) is 42.2 Å². The molecule has 0 unspecified atom stereocenters. The second-order valence-electron chi connectivity index (χ2n) is 11.8. The summed E-state index contributed by atoms with van der Waals surface area (Å²) >= 11 is 0. The van der Waals surface area contributed by atoms with Crippen LogP contribution < -0.4 is 10.6 Å². The molecule has 8 heteroatoms. The Labute approximate surface area is 232 Å². The average molecular weight is 532 g/mol. The highest BCUT2D eigenvalue weighted by atomic mass is 16.3. The average Bonchev–Trinajstić information content (AvgIpc) is 3.36. The molecule has 0 bridgehead atoms. The van der Waals surface area contributed by atoms with E-state index in [1.54, 1.807) is 0 Å². The zero-order valence-corrected chi connectivity index (χ0v) is 23.5. The lowest BCUT2D eigenvalue weighted by molar-refractivity contribution is 0.0784. The van der Waals surface area contributed by atoms with Gasteiger partial charge >= 0.3 is 0 Å². The second kappa shape index (κ2) is 12.3. The maximum atomic E-state index is 10.1. The Kier molecular flexibility index (Phi) is 8.44. The minimum Gasteiger partial charge on any atom is -0.393 e. The zero-order chi connectivity index (χ0) is 26.6. The van der Waals surface area contributed by atoms with Crippen LogP contribution >= 0.6 is 0 Å². The molecule has 39 heavy (non-hydrogen) atoms. The van der Waals surface area contributed by atoms with E-state index in [2.05, 4.69) is 67.4 Å². The largest absolute Gasteiger partial charge is 0.393 e. The van der Waals surface area contributed by atoms with Gasteiger partial charge in [0.05, 0.1) is 6.10 Å². The lowest BCUT2D eigenvalue weighted by atomic mass is 9.93. The number of anilines is 1. The molecule has 1 aromatic carbocycles. The third kappa shape index (κ3) is 6.14. The van der Waals surface area contributed by atoms with Crippen LogP contribution in [-0.2, 0) is 6.54 Å². The molecule has 1 saturated carbocycles. The van der Waals surface area contributed by atoms with Crippen LogP contribution in [0, 0.1) is 0 Å². The number of aromatic nitrogens is 3. The molecule has 3 aliphatic rings. The predicted molar refractivity (Wildman–Crippen MR) is 158 cm³/mol. The van der Waals surface area contributed by atoms with Crippen molar-refractivity contribution in [3.63, 3.8) is 0 Å². The van der Waals surface area contributed by atoms with Crippen molar-refractivity contribution < 1.29 is 5.11 Å². The Bertz CT molecular complexity index is 1200. The number of hydrogen-bond acceptors (Lipinski definition) is 7. The van der Waals surface area contributed by atoms with Gasteiger partial charge in [0.2, 0.25) is 5.95 Å². The van der Waals surface area contributed by atoms with Gasteiger partial charge in [-0.1, -0.05) is 31.2 Å². The number of fused-ring (bicyclic) bond motifs is 1. The number of piperidine rings is 1. The quantitative estimate of drug-likeness (QED) is 0.401. The Morgan fingerprint density at radius 2 is 1.69 bits per heavy atom. The van der Waals surface area contributed by atoms with Gasteiger partial charge in [0.1, 0.15) is 5.65 Å². The zero-order valence-electron chi connectivity index (χ0n) is 23.5. The van der Waals surface area contributed by atoms with Crippen molar-refractivity contribution in [1.29, 1.82) is 0 Å². The molecule has 4 heterocycles. The van der Waals surface area contributed by atoms with Crippen LogP contribution in [-0.4, -0.2) is 87.4 Å². The minimum absolute atomic E-state index is 0.168. The highest BCUT2D eigenvalue weighted by Crippen LogP contribution is 2.36. The number of aliphatic hydroxyl groups excluding tert-OH is 1. The first-order valence-electron chi connectivity index (χ1n) is 15.2. The third-order valence-corrected chi connectivity index (χ3v) is 9.07. The first kappa shape index (κ1) is 26.7. The summed E-state index contributed by atoms with van der Waals surface area (Å²) in [5.41, 5.74) is 4.78. The maximum Gasteiger partial charge on any atom is 0.224 e. The van der Waals surface area contributed by atoms with Gasteiger partial charge in [0.15, 0.2) is 0 Å². The number of aliphatic hydroxyl groups is 1. The van der Waals surface area contributed by atoms with Gasteiger partial charge in [-0.05, 0) is 69.2 Å². The lowest BCUT2D eigenvalue weighted by Gasteiger charge is -2.40. The van der Waals surface area contributed by atoms with E-state index in [0.29, 0.717) is 12.0 Å². The third-order valence-electron chi connectivity index (χ3n) is 9.07. The van der Waals surface area contributed by atoms with Crippen LogP contribution in [0.1, 0.15) is 63.5 Å². The molecule has 2 saturated heterocycles. The molecule has 3 fully saturated rings. The SMILES string of the molecule is CCCNc1ncc2c(-c3ccc(CN4CCN(C5CCNCC5)CC4)cc3)cn(C3CCC(O)CC3)c2n1. The van der Waals surface area contributed by atoms with Crippen molar-refractivity contribution in [2.75, 3.05) is 51.1 Å². The fraction of sp³-hybridized carbons (Fsp3) is 0.613. The van der Waals surface area contributed by atoms with Crippen LogP contribution in [0.25, 0.3) is 22.2 Å². The predicted octanol–water partition coefficient (Wildman–Crippen LogP) is 4.27. The molecule has 8 nitrogen and oxygen atoms in total. The molecule has 0 radical (unpaired) electrons. The van der Waals surface area contributed by atoms with Crippen LogP contribution in [0.4, 0.5) is 5.95 Å². The molecule has 3 aromatic rings. The van der Waals surface area contributed by atoms with E-state index in [4.69, 9.17) is 4.98 Å². The molecule has 6 rings (SSSR count). The molecule has 2 aromatic heterocycles. The van der Waals surface area contributed by atoms with E-state index in [1.165, 1.54) is 55.7 Å². The van der Waals surface area contributed by atoms with Crippen molar-refractivity contribution in [2.24, 2.45) is 0 Å². The van der Waals surface area contributed by atoms with Gasteiger partial charge in [-0.3, -0.25) is 9.80 Å². The summed E-state index contributed by atoms with van der Waals surface area (Å²) < 4.78 is 2.35. The summed E-state index contributed by atoms with van der Waals surface area (Å²) in [5.74, 6) is 0.696. The summed E-state index contributed by atoms with van der Waals surface area (Å²) in [6.45, 7) is 11.1. The number of hydrogen-bond donors (Lipinski definition) is 3. The van der Waals surface area contributed by atoms with Gasteiger partial charge in [0.25, 0.3) is 0 Å². The number of piperazine rings is 1. The number of rotatable bonds is 8. The van der Waals surface area contributed by atoms with E-state index < -0.39 is 0 Å². The molecule has 0 atom stereocenters. The lowest BCUT2D eigenvalue weighted by Crippen LogP contribution is -2.52. The number of nitrogens with one attached hydrogen (secondary N) is 2. The van der Waals surface area contributed by atoms with Crippen molar-refractivity contribution >= 4 is 17.0 Å². The minimum atomic E-state index is -0.168. The van der Waals surface area contributed by atoms with E-state index in [0.717, 1.165) is 75.4 Å². The first-order chi connectivity index (χ1) is 19.2. The Balaban J connectivity index is 1.17. The van der Waals surface area contributed by atoms with Crippen molar-refractivity contribution in [3.8, 4) is 11.1 Å². The van der Waals surface area contributed by atoms with Gasteiger partial charge in [0, 0.05) is 74.7 Å². The normalized spacial score (nSPS) is 23.8. The fourth-order valence-corrected chi connectivity index (χ4v) is 6.70. The molecule has 0 spiro atoms. The molecule has 1 aliphatic carbocycles. The molecule has 210 valence electrons. The van der Waals surface area contributed by atoms with Gasteiger partial charge in [-0.2, -0.15) is 4.98 Å². The van der Waals surface area contributed by atoms with E-state index in [1.807, 2.05) is 6.20 Å². The van der Waals surface area contributed by atoms with Gasteiger partial charge in [-0.25, -0.2) is 4.98 Å². The van der Waals surface area contributed by atoms with Crippen LogP contribution in [0.2, 0.25) is 0 Å². The van der Waals surface area contributed by atoms with Gasteiger partial charge in [-0.15, -0.1) is 0 Å². The van der Waals surface area contributed by atoms with E-state index in [9.17, 15) is 5.11 Å². The van der Waals surface area contributed by atoms with Gasteiger partial charge < -0.3 is 20.3 Å². The topological polar surface area (TPSA) is 81.5 Å². The number of nitrogens with zero attached hydrogens (tertiary/aromatic N) is 5. The number of benzene rings is 1. The monoisotopic (exact) mass is 531 g/mol. The highest BCUT2D eigenvalue weighted by Gasteiger charge is 2.26. The van der Waals surface area contributed by atoms with Crippen molar-refractivity contribution in [2.45, 2.75) is 76.6 Å². The molecule has 2 aliphatic heterocycles. The summed E-state index contributed by atoms with van der Waals surface area (Å²) in [6, 6.07) is 10.3. The second-order valence-corrected chi connectivity index (χ2v) is 11.8. The van der Waals surface area contributed by atoms with Crippen molar-refractivity contribution in [1.82, 2.24) is 29.7 Å². The Hall–Kier alpha value is -2.52. The smallest absolute Gasteiger partial charge is 0.224 e. The van der Waals surface area contributed by atoms with Crippen LogP contribution in [0.5, 0.6) is 0 Å². The van der Waals surface area contributed by atoms with E-state index in [-0.39, 0.29) is 6.10 Å². The Morgan fingerprint density at radius 1 is 0.949 bits per heavy atom. The van der Waals surface area contributed by atoms with Crippen LogP contribution in [0.3, 0.4) is 0 Å². The molecular weight excluding hydrogens is 486 g/mol. The standard InChI is InChI=1S/C31H45N7O/c1-2-13-33-31-34-20-28-29(22-38(30(28)35-31)26-7-9-27(39)10-8-26)24-5-3-23(4-6-24)21-36-16-18-37(19-17-36)25-11-14-32-15-12-25/h3-6,20,22,25-27,32,39H,2,7-19,21H2,1H3,(H,33,34,35). The Morgan fingerprint density at radius 3 is 2.41 bits per heavy atom. The summed E-state index contributed by atoms with van der Waals surface area (Å²) in [5, 5.41) is 18.0. The molecular formula is C31H45N7O.